The van der Waals surface area contributed by atoms with Crippen molar-refractivity contribution in [3.05, 3.63) is 95.2 Å². The normalized spacial score (nSPS) is 11.7. The molecule has 0 aliphatic carbocycles. The van der Waals surface area contributed by atoms with Gasteiger partial charge in [0.05, 0.1) is 6.54 Å². The molecule has 168 valence electrons. The molecule has 0 bridgehead atoms. The third-order valence-corrected chi connectivity index (χ3v) is 5.41. The van der Waals surface area contributed by atoms with Crippen LogP contribution < -0.4 is 5.73 Å². The molecule has 0 aliphatic heterocycles. The van der Waals surface area contributed by atoms with E-state index >= 15 is 0 Å². The highest BCUT2D eigenvalue weighted by Gasteiger charge is 2.12. The molecule has 2 aromatic carbocycles. The van der Waals surface area contributed by atoms with Crippen LogP contribution in [0.15, 0.2) is 71.5 Å². The topological polar surface area (TPSA) is 90.1 Å². The first-order valence-electron chi connectivity index (χ1n) is 11.2. The second-order valence-corrected chi connectivity index (χ2v) is 8.04. The highest BCUT2D eigenvalue weighted by Crippen LogP contribution is 2.22. The SMILES string of the molecule is C[C@H](O)c1nccn1Cc1cc(-c2ccc(C#Cc3ccc(CCCCN)cc3)cc2)on1. The Hall–Kier alpha value is -3.66. The number of unbranched alkanes of at least 4 members (excludes halogenated alkanes) is 1. The Kier molecular flexibility index (Phi) is 7.36. The van der Waals surface area contributed by atoms with Gasteiger partial charge in [-0.15, -0.1) is 0 Å². The van der Waals surface area contributed by atoms with Crippen LogP contribution >= 0.6 is 0 Å². The molecule has 2 aromatic heterocycles. The minimum absolute atomic E-state index is 0.485. The summed E-state index contributed by atoms with van der Waals surface area (Å²) in [4.78, 5) is 4.18. The molecular formula is C27H28N4O2. The highest BCUT2D eigenvalue weighted by molar-refractivity contribution is 5.59. The fraction of sp³-hybridized carbons (Fsp3) is 0.259. The lowest BCUT2D eigenvalue weighted by Gasteiger charge is -2.07. The number of nitrogens with two attached hydrogens (primary N) is 1. The van der Waals surface area contributed by atoms with Gasteiger partial charge in [-0.05, 0) is 74.7 Å². The fourth-order valence-corrected chi connectivity index (χ4v) is 3.61. The Balaban J connectivity index is 1.39. The summed E-state index contributed by atoms with van der Waals surface area (Å²) in [6.07, 6.45) is 6.08. The van der Waals surface area contributed by atoms with Crippen molar-refractivity contribution in [1.29, 1.82) is 0 Å². The van der Waals surface area contributed by atoms with Crippen molar-refractivity contribution in [3.63, 3.8) is 0 Å². The quantitative estimate of drug-likeness (QED) is 0.315. The van der Waals surface area contributed by atoms with Crippen molar-refractivity contribution < 1.29 is 9.63 Å². The van der Waals surface area contributed by atoms with Crippen LogP contribution in [0.4, 0.5) is 0 Å². The van der Waals surface area contributed by atoms with Gasteiger partial charge in [0.1, 0.15) is 17.6 Å². The van der Waals surface area contributed by atoms with Crippen molar-refractivity contribution in [2.75, 3.05) is 6.54 Å². The Bertz CT molecular complexity index is 1230. The van der Waals surface area contributed by atoms with Crippen LogP contribution in [-0.2, 0) is 13.0 Å². The standard InChI is InChI=1S/C27H28N4O2/c1-20(32)27-29-16-17-31(27)19-25-18-26(33-30-25)24-13-11-23(12-14-24)10-9-22-7-5-21(6-8-22)4-2-3-15-28/h5-8,11-14,16-18,20,32H,2-4,15,19,28H2,1H3/t20-/m0/s1. The van der Waals surface area contributed by atoms with Crippen molar-refractivity contribution in [1.82, 2.24) is 14.7 Å². The van der Waals surface area contributed by atoms with E-state index in [1.54, 1.807) is 13.1 Å². The highest BCUT2D eigenvalue weighted by atomic mass is 16.5. The number of aromatic nitrogens is 3. The molecule has 4 rings (SSSR count). The number of aryl methyl sites for hydroxylation is 1. The molecule has 0 amide bonds. The summed E-state index contributed by atoms with van der Waals surface area (Å²) in [5.74, 6) is 7.73. The number of hydrogen-bond acceptors (Lipinski definition) is 5. The number of aliphatic hydroxyl groups excluding tert-OH is 1. The zero-order valence-corrected chi connectivity index (χ0v) is 18.7. The maximum absolute atomic E-state index is 9.81. The van der Waals surface area contributed by atoms with Gasteiger partial charge < -0.3 is 19.9 Å². The Morgan fingerprint density at radius 3 is 2.39 bits per heavy atom. The molecule has 6 nitrogen and oxygen atoms in total. The molecule has 3 N–H and O–H groups in total. The number of rotatable bonds is 8. The smallest absolute Gasteiger partial charge is 0.167 e. The third kappa shape index (κ3) is 5.98. The molecule has 0 unspecified atom stereocenters. The molecule has 6 heteroatoms. The van der Waals surface area contributed by atoms with Crippen LogP contribution in [0, 0.1) is 11.8 Å². The van der Waals surface area contributed by atoms with E-state index in [2.05, 4.69) is 46.2 Å². The first-order chi connectivity index (χ1) is 16.1. The zero-order valence-electron chi connectivity index (χ0n) is 18.7. The molecule has 0 fully saturated rings. The fourth-order valence-electron chi connectivity index (χ4n) is 3.61. The monoisotopic (exact) mass is 440 g/mol. The van der Waals surface area contributed by atoms with E-state index in [1.165, 1.54) is 5.56 Å². The molecule has 4 aromatic rings. The lowest BCUT2D eigenvalue weighted by molar-refractivity contribution is 0.184. The molecule has 0 saturated carbocycles. The number of imidazole rings is 1. The summed E-state index contributed by atoms with van der Waals surface area (Å²) < 4.78 is 7.38. The number of hydrogen-bond donors (Lipinski definition) is 2. The summed E-state index contributed by atoms with van der Waals surface area (Å²) in [5, 5.41) is 14.0. The molecule has 0 radical (unpaired) electrons. The van der Waals surface area contributed by atoms with Gasteiger partial charge >= 0.3 is 0 Å². The average molecular weight is 441 g/mol. The van der Waals surface area contributed by atoms with Crippen LogP contribution in [0.2, 0.25) is 0 Å². The minimum atomic E-state index is -0.640. The first-order valence-corrected chi connectivity index (χ1v) is 11.2. The van der Waals surface area contributed by atoms with E-state index in [-0.39, 0.29) is 0 Å². The van der Waals surface area contributed by atoms with Gasteiger partial charge in [0, 0.05) is 35.2 Å². The number of benzene rings is 2. The zero-order chi connectivity index (χ0) is 23.0. The molecule has 0 aliphatic rings. The maximum atomic E-state index is 9.81. The average Bonchev–Trinajstić information content (AvgIpc) is 3.49. The van der Waals surface area contributed by atoms with Gasteiger partial charge in [0.25, 0.3) is 0 Å². The van der Waals surface area contributed by atoms with Crippen molar-refractivity contribution in [3.8, 4) is 23.2 Å². The van der Waals surface area contributed by atoms with E-state index in [0.717, 1.165) is 48.2 Å². The number of aliphatic hydroxyl groups is 1. The summed E-state index contributed by atoms with van der Waals surface area (Å²) in [7, 11) is 0. The minimum Gasteiger partial charge on any atom is -0.385 e. The maximum Gasteiger partial charge on any atom is 0.167 e. The van der Waals surface area contributed by atoms with E-state index < -0.39 is 6.10 Å². The van der Waals surface area contributed by atoms with Gasteiger partial charge in [-0.3, -0.25) is 0 Å². The van der Waals surface area contributed by atoms with Crippen LogP contribution in [0.25, 0.3) is 11.3 Å². The largest absolute Gasteiger partial charge is 0.385 e. The molecule has 2 heterocycles. The first kappa shape index (κ1) is 22.5. The third-order valence-electron chi connectivity index (χ3n) is 5.41. The van der Waals surface area contributed by atoms with E-state index in [4.69, 9.17) is 10.3 Å². The van der Waals surface area contributed by atoms with Gasteiger partial charge in [0.2, 0.25) is 0 Å². The second-order valence-electron chi connectivity index (χ2n) is 8.04. The Morgan fingerprint density at radius 1 is 1.03 bits per heavy atom. The lowest BCUT2D eigenvalue weighted by Crippen LogP contribution is -2.07. The predicted octanol–water partition coefficient (Wildman–Crippen LogP) is 4.32. The summed E-state index contributed by atoms with van der Waals surface area (Å²) in [6, 6.07) is 18.2. The molecule has 0 saturated heterocycles. The Labute approximate surface area is 194 Å². The molecule has 0 spiro atoms. The van der Waals surface area contributed by atoms with E-state index in [0.29, 0.717) is 18.1 Å². The van der Waals surface area contributed by atoms with Crippen LogP contribution in [0.3, 0.4) is 0 Å². The van der Waals surface area contributed by atoms with Gasteiger partial charge in [-0.2, -0.15) is 0 Å². The molecular weight excluding hydrogens is 412 g/mol. The van der Waals surface area contributed by atoms with Crippen molar-refractivity contribution in [2.24, 2.45) is 5.73 Å². The van der Waals surface area contributed by atoms with Gasteiger partial charge in [0.15, 0.2) is 5.76 Å². The summed E-state index contributed by atoms with van der Waals surface area (Å²) >= 11 is 0. The van der Waals surface area contributed by atoms with Crippen LogP contribution in [-0.4, -0.2) is 26.4 Å². The molecule has 1 atom stereocenters. The van der Waals surface area contributed by atoms with Crippen LogP contribution in [0.5, 0.6) is 0 Å². The summed E-state index contributed by atoms with van der Waals surface area (Å²) in [5.41, 5.74) is 10.5. The lowest BCUT2D eigenvalue weighted by atomic mass is 10.1. The number of nitrogens with zero attached hydrogens (tertiary/aromatic N) is 3. The second kappa shape index (κ2) is 10.8. The van der Waals surface area contributed by atoms with Crippen LogP contribution in [0.1, 0.15) is 54.1 Å². The van der Waals surface area contributed by atoms with Gasteiger partial charge in [-0.1, -0.05) is 29.1 Å². The molecule has 33 heavy (non-hydrogen) atoms. The van der Waals surface area contributed by atoms with Gasteiger partial charge in [-0.25, -0.2) is 4.98 Å². The predicted molar refractivity (Wildman–Crippen MR) is 128 cm³/mol. The Morgan fingerprint density at radius 2 is 1.73 bits per heavy atom. The van der Waals surface area contributed by atoms with E-state index in [9.17, 15) is 5.11 Å². The summed E-state index contributed by atoms with van der Waals surface area (Å²) in [6.45, 7) is 2.92. The van der Waals surface area contributed by atoms with Crippen molar-refractivity contribution in [2.45, 2.75) is 38.8 Å². The van der Waals surface area contributed by atoms with Crippen molar-refractivity contribution >= 4 is 0 Å². The van der Waals surface area contributed by atoms with E-state index in [1.807, 2.05) is 41.1 Å².